The molecule has 0 rings (SSSR count). The van der Waals surface area contributed by atoms with Crippen molar-refractivity contribution < 1.29 is 28.9 Å². The lowest BCUT2D eigenvalue weighted by Crippen LogP contribution is -2.28. The second-order valence-electron chi connectivity index (χ2n) is 3.08. The zero-order valence-corrected chi connectivity index (χ0v) is 10.0. The van der Waals surface area contributed by atoms with Crippen molar-refractivity contribution in [2.24, 2.45) is 0 Å². The van der Waals surface area contributed by atoms with E-state index in [4.69, 9.17) is 21.0 Å². The number of carboxylic acid groups (broad SMARTS) is 1. The van der Waals surface area contributed by atoms with Gasteiger partial charge in [0.25, 0.3) is 0 Å². The van der Waals surface area contributed by atoms with E-state index in [9.17, 15) is 9.59 Å². The Balaban J connectivity index is 3.14. The molecule has 0 aliphatic heterocycles. The molecule has 7 heteroatoms. The van der Waals surface area contributed by atoms with E-state index >= 15 is 0 Å². The maximum atomic E-state index is 10.9. The maximum absolute atomic E-state index is 10.9. The second kappa shape index (κ2) is 11.7. The Morgan fingerprint density at radius 3 is 2.44 bits per heavy atom. The smallest absolute Gasteiger partial charge is 0.408 e. The average molecular weight is 259 g/mol. The molecule has 0 aromatic rings. The van der Waals surface area contributed by atoms with Crippen molar-refractivity contribution in [1.82, 2.24) is 5.32 Å². The van der Waals surface area contributed by atoms with Crippen molar-refractivity contribution in [2.45, 2.75) is 6.42 Å². The predicted octanol–water partition coefficient (Wildman–Crippen LogP) is -0.146. The Hall–Kier alpha value is -1.78. The standard InChI is InChI=1S/C11H17NO6/c1-2-5-18-11(15)12-4-7-17-9-8-16-6-3-10(13)14/h1H,3-9H2,(H,12,15)(H,13,14). The van der Waals surface area contributed by atoms with Crippen LogP contribution in [0.2, 0.25) is 0 Å². The third-order valence-corrected chi connectivity index (χ3v) is 1.63. The molecule has 0 radical (unpaired) electrons. The van der Waals surface area contributed by atoms with Gasteiger partial charge in [-0.05, 0) is 0 Å². The summed E-state index contributed by atoms with van der Waals surface area (Å²) in [7, 11) is 0. The summed E-state index contributed by atoms with van der Waals surface area (Å²) < 4.78 is 14.6. The third-order valence-electron chi connectivity index (χ3n) is 1.63. The molecular weight excluding hydrogens is 242 g/mol. The normalized spacial score (nSPS) is 9.50. The van der Waals surface area contributed by atoms with E-state index in [0.717, 1.165) is 0 Å². The zero-order chi connectivity index (χ0) is 13.6. The number of carboxylic acids is 1. The van der Waals surface area contributed by atoms with Gasteiger partial charge in [0.05, 0.1) is 32.8 Å². The number of hydrogen-bond donors (Lipinski definition) is 2. The van der Waals surface area contributed by atoms with Gasteiger partial charge in [-0.2, -0.15) is 0 Å². The van der Waals surface area contributed by atoms with E-state index in [1.165, 1.54) is 0 Å². The third kappa shape index (κ3) is 12.3. The lowest BCUT2D eigenvalue weighted by atomic mass is 10.5. The Kier molecular flexibility index (Phi) is 10.5. The largest absolute Gasteiger partial charge is 0.481 e. The molecule has 102 valence electrons. The van der Waals surface area contributed by atoms with Crippen LogP contribution in [0.25, 0.3) is 0 Å². The maximum Gasteiger partial charge on any atom is 0.408 e. The fourth-order valence-electron chi connectivity index (χ4n) is 0.865. The number of rotatable bonds is 10. The Bertz CT molecular complexity index is 286. The lowest BCUT2D eigenvalue weighted by Gasteiger charge is -2.06. The quantitative estimate of drug-likeness (QED) is 0.418. The molecule has 18 heavy (non-hydrogen) atoms. The van der Waals surface area contributed by atoms with E-state index < -0.39 is 12.1 Å². The number of carbonyl (C=O) groups excluding carboxylic acids is 1. The molecule has 0 unspecified atom stereocenters. The van der Waals surface area contributed by atoms with Gasteiger partial charge in [0.15, 0.2) is 6.61 Å². The van der Waals surface area contributed by atoms with Crippen molar-refractivity contribution >= 4 is 12.1 Å². The highest BCUT2D eigenvalue weighted by molar-refractivity contribution is 5.67. The van der Waals surface area contributed by atoms with Crippen LogP contribution >= 0.6 is 0 Å². The van der Waals surface area contributed by atoms with Crippen molar-refractivity contribution in [3.05, 3.63) is 0 Å². The molecule has 0 saturated carbocycles. The summed E-state index contributed by atoms with van der Waals surface area (Å²) in [5.41, 5.74) is 0. The summed E-state index contributed by atoms with van der Waals surface area (Å²) in [5.74, 6) is 1.27. The summed E-state index contributed by atoms with van der Waals surface area (Å²) in [4.78, 5) is 21.0. The van der Waals surface area contributed by atoms with E-state index in [0.29, 0.717) is 26.4 Å². The Morgan fingerprint density at radius 2 is 1.83 bits per heavy atom. The van der Waals surface area contributed by atoms with Crippen LogP contribution in [-0.2, 0) is 19.0 Å². The molecule has 0 spiro atoms. The topological polar surface area (TPSA) is 94.1 Å². The van der Waals surface area contributed by atoms with Gasteiger partial charge in [-0.25, -0.2) is 4.79 Å². The van der Waals surface area contributed by atoms with Crippen LogP contribution in [-0.4, -0.2) is 56.7 Å². The highest BCUT2D eigenvalue weighted by atomic mass is 16.5. The van der Waals surface area contributed by atoms with Gasteiger partial charge in [-0.15, -0.1) is 6.42 Å². The van der Waals surface area contributed by atoms with Crippen LogP contribution in [0.4, 0.5) is 4.79 Å². The molecule has 0 aromatic carbocycles. The first-order chi connectivity index (χ1) is 8.66. The number of nitrogens with one attached hydrogen (secondary N) is 1. The molecule has 0 aliphatic carbocycles. The van der Waals surface area contributed by atoms with E-state index in [2.05, 4.69) is 16.0 Å². The fourth-order valence-corrected chi connectivity index (χ4v) is 0.865. The zero-order valence-electron chi connectivity index (χ0n) is 10.0. The Morgan fingerprint density at radius 1 is 1.17 bits per heavy atom. The molecule has 0 atom stereocenters. The van der Waals surface area contributed by atoms with Gasteiger partial charge < -0.3 is 24.6 Å². The summed E-state index contributed by atoms with van der Waals surface area (Å²) in [6, 6.07) is 0. The summed E-state index contributed by atoms with van der Waals surface area (Å²) >= 11 is 0. The van der Waals surface area contributed by atoms with E-state index in [-0.39, 0.29) is 19.6 Å². The summed E-state index contributed by atoms with van der Waals surface area (Å²) in [5, 5.41) is 10.8. The van der Waals surface area contributed by atoms with Gasteiger partial charge in [-0.3, -0.25) is 4.79 Å². The monoisotopic (exact) mass is 259 g/mol. The molecular formula is C11H17NO6. The first-order valence-corrected chi connectivity index (χ1v) is 5.38. The minimum atomic E-state index is -0.898. The van der Waals surface area contributed by atoms with Crippen molar-refractivity contribution in [3.63, 3.8) is 0 Å². The molecule has 0 aliphatic rings. The molecule has 7 nitrogen and oxygen atoms in total. The van der Waals surface area contributed by atoms with Gasteiger partial charge >= 0.3 is 12.1 Å². The van der Waals surface area contributed by atoms with Gasteiger partial charge in [-0.1, -0.05) is 5.92 Å². The van der Waals surface area contributed by atoms with Gasteiger partial charge in [0.2, 0.25) is 0 Å². The van der Waals surface area contributed by atoms with Crippen molar-refractivity contribution in [3.8, 4) is 12.3 Å². The van der Waals surface area contributed by atoms with Crippen LogP contribution in [0.1, 0.15) is 6.42 Å². The van der Waals surface area contributed by atoms with Crippen LogP contribution in [0.3, 0.4) is 0 Å². The molecule has 0 heterocycles. The molecule has 2 N–H and O–H groups in total. The lowest BCUT2D eigenvalue weighted by molar-refractivity contribution is -0.138. The minimum absolute atomic E-state index is 0.0252. The second-order valence-corrected chi connectivity index (χ2v) is 3.08. The molecule has 0 aromatic heterocycles. The number of amides is 1. The van der Waals surface area contributed by atoms with Gasteiger partial charge in [0, 0.05) is 6.54 Å². The van der Waals surface area contributed by atoms with E-state index in [1.54, 1.807) is 0 Å². The molecule has 0 bridgehead atoms. The van der Waals surface area contributed by atoms with Crippen molar-refractivity contribution in [2.75, 3.05) is 39.6 Å². The number of alkyl carbamates (subject to hydrolysis) is 1. The van der Waals surface area contributed by atoms with Crippen LogP contribution in [0.5, 0.6) is 0 Å². The van der Waals surface area contributed by atoms with E-state index in [1.807, 2.05) is 0 Å². The van der Waals surface area contributed by atoms with Crippen LogP contribution in [0.15, 0.2) is 0 Å². The first kappa shape index (κ1) is 16.2. The summed E-state index contributed by atoms with van der Waals surface area (Å²) in [6.45, 7) is 1.36. The number of ether oxygens (including phenoxy) is 3. The Labute approximate surface area is 105 Å². The first-order valence-electron chi connectivity index (χ1n) is 5.38. The number of aliphatic carboxylic acids is 1. The highest BCUT2D eigenvalue weighted by Gasteiger charge is 1.99. The van der Waals surface area contributed by atoms with Crippen LogP contribution < -0.4 is 5.32 Å². The highest BCUT2D eigenvalue weighted by Crippen LogP contribution is 1.84. The predicted molar refractivity (Wildman–Crippen MR) is 62.1 cm³/mol. The SMILES string of the molecule is C#CCOC(=O)NCCOCCOCCC(=O)O. The summed E-state index contributed by atoms with van der Waals surface area (Å²) in [6.07, 6.45) is 4.29. The fraction of sp³-hybridized carbons (Fsp3) is 0.636. The molecule has 0 fully saturated rings. The minimum Gasteiger partial charge on any atom is -0.481 e. The molecule has 1 amide bonds. The molecule has 0 saturated heterocycles. The number of terminal acetylenes is 1. The van der Waals surface area contributed by atoms with Crippen LogP contribution in [0, 0.1) is 12.3 Å². The average Bonchev–Trinajstić information content (AvgIpc) is 2.34. The number of carbonyl (C=O) groups is 2. The van der Waals surface area contributed by atoms with Gasteiger partial charge in [0.1, 0.15) is 0 Å². The van der Waals surface area contributed by atoms with Crippen molar-refractivity contribution in [1.29, 1.82) is 0 Å². The number of hydrogen-bond acceptors (Lipinski definition) is 5.